The van der Waals surface area contributed by atoms with Gasteiger partial charge in [0.2, 0.25) is 11.8 Å². The number of aryl methyl sites for hydroxylation is 2. The fourth-order valence-electron chi connectivity index (χ4n) is 4.50. The Labute approximate surface area is 183 Å². The van der Waals surface area contributed by atoms with E-state index >= 15 is 0 Å². The summed E-state index contributed by atoms with van der Waals surface area (Å²) in [5, 5.41) is 2.89. The van der Waals surface area contributed by atoms with Gasteiger partial charge in [0.05, 0.1) is 0 Å². The summed E-state index contributed by atoms with van der Waals surface area (Å²) in [6, 6.07) is 13.6. The molecule has 1 aliphatic carbocycles. The first-order chi connectivity index (χ1) is 15.1. The van der Waals surface area contributed by atoms with Crippen molar-refractivity contribution in [2.24, 2.45) is 0 Å². The molecule has 0 bridgehead atoms. The van der Waals surface area contributed by atoms with Gasteiger partial charge in [-0.25, -0.2) is 0 Å². The lowest BCUT2D eigenvalue weighted by Gasteiger charge is -2.26. The Morgan fingerprint density at radius 3 is 2.52 bits per heavy atom. The van der Waals surface area contributed by atoms with Crippen molar-refractivity contribution >= 4 is 23.3 Å². The Bertz CT molecular complexity index is 982. The molecular weight excluding hydrogens is 388 g/mol. The highest BCUT2D eigenvalue weighted by molar-refractivity contribution is 6.00. The van der Waals surface area contributed by atoms with Crippen molar-refractivity contribution in [2.45, 2.75) is 64.3 Å². The molecule has 0 unspecified atom stereocenters. The first-order valence-electron chi connectivity index (χ1n) is 11.4. The number of likely N-dealkylation sites (tertiary alicyclic amines) is 1. The first kappa shape index (κ1) is 21.3. The fourth-order valence-corrected chi connectivity index (χ4v) is 4.50. The topological polar surface area (TPSA) is 66.5 Å². The number of piperidine rings is 1. The highest BCUT2D eigenvalue weighted by Gasteiger charge is 2.18. The maximum absolute atomic E-state index is 12.6. The maximum Gasteiger partial charge on any atom is 0.224 e. The summed E-state index contributed by atoms with van der Waals surface area (Å²) in [4.78, 5) is 38.9. The number of anilines is 1. The van der Waals surface area contributed by atoms with Crippen molar-refractivity contribution in [3.05, 3.63) is 64.7 Å². The van der Waals surface area contributed by atoms with Crippen LogP contribution in [0.5, 0.6) is 0 Å². The molecule has 162 valence electrons. The number of fused-ring (bicyclic) bond motifs is 1. The number of Topliss-reactive ketones (excluding diaryl/α,β-unsaturated/α-hetero) is 1. The minimum Gasteiger partial charge on any atom is -0.338 e. The Balaban J connectivity index is 1.29. The smallest absolute Gasteiger partial charge is 0.224 e. The summed E-state index contributed by atoms with van der Waals surface area (Å²) >= 11 is 0. The Hall–Kier alpha value is -2.95. The third-order valence-corrected chi connectivity index (χ3v) is 6.26. The lowest BCUT2D eigenvalue weighted by molar-refractivity contribution is -0.133. The van der Waals surface area contributed by atoms with Gasteiger partial charge in [0.1, 0.15) is 0 Å². The average Bonchev–Trinajstić information content (AvgIpc) is 2.79. The molecule has 2 amide bonds. The van der Waals surface area contributed by atoms with E-state index in [0.29, 0.717) is 24.2 Å². The Morgan fingerprint density at radius 1 is 0.871 bits per heavy atom. The molecule has 0 radical (unpaired) electrons. The van der Waals surface area contributed by atoms with Crippen LogP contribution in [0.25, 0.3) is 0 Å². The number of benzene rings is 2. The predicted molar refractivity (Wildman–Crippen MR) is 121 cm³/mol. The van der Waals surface area contributed by atoms with E-state index in [0.717, 1.165) is 37.8 Å². The molecule has 31 heavy (non-hydrogen) atoms. The van der Waals surface area contributed by atoms with Crippen LogP contribution >= 0.6 is 0 Å². The van der Waals surface area contributed by atoms with E-state index in [1.807, 2.05) is 41.3 Å². The molecule has 0 atom stereocenters. The number of nitrogens with one attached hydrogen (secondary N) is 1. The predicted octanol–water partition coefficient (Wildman–Crippen LogP) is 4.68. The quantitative estimate of drug-likeness (QED) is 0.664. The Morgan fingerprint density at radius 2 is 1.68 bits per heavy atom. The van der Waals surface area contributed by atoms with E-state index in [1.165, 1.54) is 24.0 Å². The molecule has 2 aromatic rings. The molecule has 4 rings (SSSR count). The number of rotatable bonds is 7. The number of carbonyl (C=O) groups excluding carboxylic acids is 3. The molecular formula is C26H30N2O3. The minimum absolute atomic E-state index is 0.0147. The number of amides is 2. The zero-order valence-electron chi connectivity index (χ0n) is 18.0. The van der Waals surface area contributed by atoms with Crippen molar-refractivity contribution in [2.75, 3.05) is 11.9 Å². The molecule has 5 heteroatoms. The van der Waals surface area contributed by atoms with Crippen LogP contribution in [0.1, 0.15) is 72.0 Å². The summed E-state index contributed by atoms with van der Waals surface area (Å²) in [6.07, 6.45) is 7.52. The van der Waals surface area contributed by atoms with Crippen LogP contribution in [0.4, 0.5) is 5.69 Å². The van der Waals surface area contributed by atoms with E-state index < -0.39 is 0 Å². The number of hydrogen-bond donors (Lipinski definition) is 1. The first-order valence-corrected chi connectivity index (χ1v) is 11.4. The van der Waals surface area contributed by atoms with Gasteiger partial charge in [0.15, 0.2) is 5.78 Å². The SMILES string of the molecule is O=C(CCC(=O)c1ccc2c(c1)CCCC2)Nc1cccc(CN2CCCCC2=O)c1. The largest absolute Gasteiger partial charge is 0.338 e. The summed E-state index contributed by atoms with van der Waals surface area (Å²) in [7, 11) is 0. The van der Waals surface area contributed by atoms with Gasteiger partial charge in [0.25, 0.3) is 0 Å². The molecule has 2 aliphatic rings. The standard InChI is InChI=1S/C26H30N2O3/c29-24(22-12-11-20-7-1-2-8-21(20)17-22)13-14-25(30)27-23-9-5-6-19(16-23)18-28-15-4-3-10-26(28)31/h5-6,9,11-12,16-17H,1-4,7-8,10,13-15,18H2,(H,27,30). The van der Waals surface area contributed by atoms with E-state index in [1.54, 1.807) is 0 Å². The monoisotopic (exact) mass is 418 g/mol. The maximum atomic E-state index is 12.6. The molecule has 1 heterocycles. The van der Waals surface area contributed by atoms with Crippen LogP contribution in [0.2, 0.25) is 0 Å². The second kappa shape index (κ2) is 9.90. The van der Waals surface area contributed by atoms with Crippen LogP contribution in [-0.4, -0.2) is 29.0 Å². The Kier molecular flexibility index (Phi) is 6.80. The molecule has 0 aromatic heterocycles. The van der Waals surface area contributed by atoms with Gasteiger partial charge >= 0.3 is 0 Å². The summed E-state index contributed by atoms with van der Waals surface area (Å²) in [5.41, 5.74) is 5.05. The normalized spacial score (nSPS) is 16.0. The zero-order valence-corrected chi connectivity index (χ0v) is 18.0. The summed E-state index contributed by atoms with van der Waals surface area (Å²) in [5.74, 6) is 0.0415. The average molecular weight is 419 g/mol. The summed E-state index contributed by atoms with van der Waals surface area (Å²) < 4.78 is 0. The number of ketones is 1. The highest BCUT2D eigenvalue weighted by atomic mass is 16.2. The lowest BCUT2D eigenvalue weighted by Crippen LogP contribution is -2.34. The van der Waals surface area contributed by atoms with Gasteiger partial charge in [0, 0.05) is 43.6 Å². The number of hydrogen-bond acceptors (Lipinski definition) is 3. The van der Waals surface area contributed by atoms with Crippen LogP contribution in [0, 0.1) is 0 Å². The van der Waals surface area contributed by atoms with Gasteiger partial charge < -0.3 is 10.2 Å². The van der Waals surface area contributed by atoms with Gasteiger partial charge in [-0.1, -0.05) is 24.3 Å². The zero-order chi connectivity index (χ0) is 21.6. The molecule has 2 aromatic carbocycles. The van der Waals surface area contributed by atoms with Crippen molar-refractivity contribution in [1.82, 2.24) is 4.90 Å². The van der Waals surface area contributed by atoms with Crippen LogP contribution in [-0.2, 0) is 29.0 Å². The molecule has 0 saturated carbocycles. The van der Waals surface area contributed by atoms with Crippen molar-refractivity contribution in [3.8, 4) is 0 Å². The van der Waals surface area contributed by atoms with Crippen molar-refractivity contribution in [1.29, 1.82) is 0 Å². The van der Waals surface area contributed by atoms with Crippen LogP contribution in [0.3, 0.4) is 0 Å². The second-order valence-electron chi connectivity index (χ2n) is 8.63. The molecule has 1 saturated heterocycles. The van der Waals surface area contributed by atoms with Crippen molar-refractivity contribution < 1.29 is 14.4 Å². The van der Waals surface area contributed by atoms with E-state index in [9.17, 15) is 14.4 Å². The third-order valence-electron chi connectivity index (χ3n) is 6.26. The van der Waals surface area contributed by atoms with E-state index in [-0.39, 0.29) is 30.4 Å². The van der Waals surface area contributed by atoms with Crippen molar-refractivity contribution in [3.63, 3.8) is 0 Å². The van der Waals surface area contributed by atoms with Crippen LogP contribution < -0.4 is 5.32 Å². The number of nitrogens with zero attached hydrogens (tertiary/aromatic N) is 1. The summed E-state index contributed by atoms with van der Waals surface area (Å²) in [6.45, 7) is 1.36. The van der Waals surface area contributed by atoms with E-state index in [4.69, 9.17) is 0 Å². The van der Waals surface area contributed by atoms with Gasteiger partial charge in [-0.05, 0) is 73.4 Å². The van der Waals surface area contributed by atoms with Gasteiger partial charge in [-0.15, -0.1) is 0 Å². The van der Waals surface area contributed by atoms with Gasteiger partial charge in [-0.3, -0.25) is 14.4 Å². The molecule has 1 fully saturated rings. The molecule has 1 N–H and O–H groups in total. The fraction of sp³-hybridized carbons (Fsp3) is 0.423. The minimum atomic E-state index is -0.169. The highest BCUT2D eigenvalue weighted by Crippen LogP contribution is 2.23. The second-order valence-corrected chi connectivity index (χ2v) is 8.63. The molecule has 0 spiro atoms. The third kappa shape index (κ3) is 5.60. The van der Waals surface area contributed by atoms with Gasteiger partial charge in [-0.2, -0.15) is 0 Å². The number of carbonyl (C=O) groups is 3. The molecule has 5 nitrogen and oxygen atoms in total. The molecule has 1 aliphatic heterocycles. The van der Waals surface area contributed by atoms with E-state index in [2.05, 4.69) is 11.4 Å². The lowest BCUT2D eigenvalue weighted by atomic mass is 9.89. The van der Waals surface area contributed by atoms with Crippen LogP contribution in [0.15, 0.2) is 42.5 Å².